The van der Waals surface area contributed by atoms with E-state index < -0.39 is 17.4 Å². The van der Waals surface area contributed by atoms with Crippen LogP contribution in [0.15, 0.2) is 36.2 Å². The molecule has 0 aliphatic heterocycles. The van der Waals surface area contributed by atoms with Gasteiger partial charge in [-0.2, -0.15) is 13.2 Å². The quantitative estimate of drug-likeness (QED) is 0.515. The van der Waals surface area contributed by atoms with Crippen LogP contribution in [0.1, 0.15) is 6.92 Å². The van der Waals surface area contributed by atoms with E-state index >= 15 is 0 Å². The Balaban J connectivity index is 3.03. The summed E-state index contributed by atoms with van der Waals surface area (Å²) in [5, 5.41) is 0. The summed E-state index contributed by atoms with van der Waals surface area (Å²) in [6.07, 6.45) is 0.237. The van der Waals surface area contributed by atoms with E-state index in [2.05, 4.69) is 0 Å². The molecule has 0 fully saturated rings. The van der Waals surface area contributed by atoms with Crippen molar-refractivity contribution in [2.75, 3.05) is 0 Å². The van der Waals surface area contributed by atoms with Gasteiger partial charge in [0, 0.05) is 0 Å². The largest absolute Gasteiger partial charge is 0.400 e. The van der Waals surface area contributed by atoms with E-state index in [0.717, 1.165) is 37.3 Å². The molecule has 0 aromatic heterocycles. The zero-order valence-electron chi connectivity index (χ0n) is 6.90. The normalized spacial score (nSPS) is 28.5. The molecule has 0 radical (unpaired) electrons. The van der Waals surface area contributed by atoms with Crippen LogP contribution in [0.5, 0.6) is 0 Å². The van der Waals surface area contributed by atoms with Crippen molar-refractivity contribution in [1.82, 2.24) is 0 Å². The van der Waals surface area contributed by atoms with Gasteiger partial charge in [-0.1, -0.05) is 18.2 Å². The molecule has 0 aromatic carbocycles. The maximum atomic E-state index is 12.5. The third-order valence-corrected chi connectivity index (χ3v) is 1.90. The van der Waals surface area contributed by atoms with E-state index in [9.17, 15) is 17.6 Å². The molecule has 1 aliphatic rings. The highest BCUT2D eigenvalue weighted by Gasteiger charge is 2.47. The molecule has 0 saturated heterocycles. The SMILES string of the molecule is CC1(C(F)(F)F)C=CC=C(F)C=C1. The summed E-state index contributed by atoms with van der Waals surface area (Å²) in [4.78, 5) is 0. The highest BCUT2D eigenvalue weighted by Crippen LogP contribution is 2.41. The molecule has 0 nitrogen and oxygen atoms in total. The van der Waals surface area contributed by atoms with Gasteiger partial charge in [-0.05, 0) is 19.1 Å². The predicted molar refractivity (Wildman–Crippen MR) is 41.6 cm³/mol. The average molecular weight is 192 g/mol. The lowest BCUT2D eigenvalue weighted by molar-refractivity contribution is -0.183. The summed E-state index contributed by atoms with van der Waals surface area (Å²) in [7, 11) is 0. The second-order valence-corrected chi connectivity index (χ2v) is 3.02. The van der Waals surface area contributed by atoms with Crippen LogP contribution < -0.4 is 0 Å². The Kier molecular flexibility index (Phi) is 2.32. The molecule has 13 heavy (non-hydrogen) atoms. The van der Waals surface area contributed by atoms with Crippen LogP contribution in [0.3, 0.4) is 0 Å². The Morgan fingerprint density at radius 3 is 2.38 bits per heavy atom. The van der Waals surface area contributed by atoms with Gasteiger partial charge in [-0.25, -0.2) is 4.39 Å². The first-order valence-electron chi connectivity index (χ1n) is 3.66. The summed E-state index contributed by atoms with van der Waals surface area (Å²) < 4.78 is 49.7. The van der Waals surface area contributed by atoms with E-state index in [1.54, 1.807) is 0 Å². The summed E-state index contributed by atoms with van der Waals surface area (Å²) in [6, 6.07) is 0. The molecule has 1 aliphatic carbocycles. The van der Waals surface area contributed by atoms with Crippen LogP contribution in [0.4, 0.5) is 17.6 Å². The molecule has 4 heteroatoms. The van der Waals surface area contributed by atoms with Crippen molar-refractivity contribution < 1.29 is 17.6 Å². The topological polar surface area (TPSA) is 0 Å². The van der Waals surface area contributed by atoms with Crippen molar-refractivity contribution in [2.24, 2.45) is 5.41 Å². The smallest absolute Gasteiger partial charge is 0.207 e. The van der Waals surface area contributed by atoms with E-state index in [1.165, 1.54) is 0 Å². The second-order valence-electron chi connectivity index (χ2n) is 3.02. The number of halogens is 4. The zero-order valence-corrected chi connectivity index (χ0v) is 6.90. The summed E-state index contributed by atoms with van der Waals surface area (Å²) in [5.74, 6) is -0.677. The Labute approximate surface area is 73.2 Å². The van der Waals surface area contributed by atoms with Gasteiger partial charge in [0.1, 0.15) is 5.83 Å². The van der Waals surface area contributed by atoms with Crippen LogP contribution in [-0.2, 0) is 0 Å². The van der Waals surface area contributed by atoms with Crippen LogP contribution in [0.2, 0.25) is 0 Å². The Bertz CT molecular complexity index is 282. The summed E-state index contributed by atoms with van der Waals surface area (Å²) in [5.41, 5.74) is -2.07. The van der Waals surface area contributed by atoms with E-state index in [4.69, 9.17) is 0 Å². The molecule has 1 rings (SSSR count). The standard InChI is InChI=1S/C9H8F4/c1-8(9(11,12)13)5-2-3-7(10)4-6-8/h2-6H,1H3. The lowest BCUT2D eigenvalue weighted by atomic mass is 9.89. The minimum atomic E-state index is -4.39. The van der Waals surface area contributed by atoms with Crippen molar-refractivity contribution in [1.29, 1.82) is 0 Å². The maximum Gasteiger partial charge on any atom is 0.400 e. The van der Waals surface area contributed by atoms with Gasteiger partial charge in [-0.15, -0.1) is 0 Å². The number of hydrogen-bond acceptors (Lipinski definition) is 0. The first-order valence-corrected chi connectivity index (χ1v) is 3.66. The molecule has 0 aromatic rings. The van der Waals surface area contributed by atoms with Gasteiger partial charge in [0.2, 0.25) is 0 Å². The van der Waals surface area contributed by atoms with Crippen molar-refractivity contribution in [3.63, 3.8) is 0 Å². The first kappa shape index (κ1) is 10.0. The van der Waals surface area contributed by atoms with Crippen molar-refractivity contribution in [2.45, 2.75) is 13.1 Å². The van der Waals surface area contributed by atoms with Crippen LogP contribution in [-0.4, -0.2) is 6.18 Å². The van der Waals surface area contributed by atoms with Gasteiger partial charge in [0.05, 0.1) is 5.41 Å². The van der Waals surface area contributed by atoms with Gasteiger partial charge >= 0.3 is 6.18 Å². The molecular formula is C9H8F4. The summed E-state index contributed by atoms with van der Waals surface area (Å²) in [6.45, 7) is 0.992. The van der Waals surface area contributed by atoms with Gasteiger partial charge in [-0.3, -0.25) is 0 Å². The van der Waals surface area contributed by atoms with E-state index in [0.29, 0.717) is 0 Å². The minimum absolute atomic E-state index is 0.677. The molecule has 72 valence electrons. The fourth-order valence-corrected chi connectivity index (χ4v) is 0.893. The number of alkyl halides is 3. The molecular weight excluding hydrogens is 184 g/mol. The van der Waals surface area contributed by atoms with E-state index in [-0.39, 0.29) is 0 Å². The monoisotopic (exact) mass is 192 g/mol. The number of rotatable bonds is 0. The molecule has 0 heterocycles. The Morgan fingerprint density at radius 1 is 1.23 bits per heavy atom. The Morgan fingerprint density at radius 2 is 1.85 bits per heavy atom. The first-order chi connectivity index (χ1) is 5.85. The number of allylic oxidation sites excluding steroid dienone is 6. The Hall–Kier alpha value is -1.06. The lowest BCUT2D eigenvalue weighted by Crippen LogP contribution is -2.30. The van der Waals surface area contributed by atoms with Crippen molar-refractivity contribution >= 4 is 0 Å². The number of hydrogen-bond donors (Lipinski definition) is 0. The van der Waals surface area contributed by atoms with Crippen LogP contribution >= 0.6 is 0 Å². The van der Waals surface area contributed by atoms with Gasteiger partial charge in [0.15, 0.2) is 0 Å². The fraction of sp³-hybridized carbons (Fsp3) is 0.333. The zero-order chi connectivity index (χ0) is 10.1. The second kappa shape index (κ2) is 3.01. The minimum Gasteiger partial charge on any atom is -0.207 e. The maximum absolute atomic E-state index is 12.5. The molecule has 0 amide bonds. The fourth-order valence-electron chi connectivity index (χ4n) is 0.893. The van der Waals surface area contributed by atoms with E-state index in [1.807, 2.05) is 0 Å². The molecule has 1 atom stereocenters. The molecule has 1 unspecified atom stereocenters. The van der Waals surface area contributed by atoms with Crippen LogP contribution in [0, 0.1) is 5.41 Å². The summed E-state index contributed by atoms with van der Waals surface area (Å²) >= 11 is 0. The van der Waals surface area contributed by atoms with Gasteiger partial charge in [0.25, 0.3) is 0 Å². The molecule has 0 saturated carbocycles. The average Bonchev–Trinajstić information content (AvgIpc) is 2.13. The van der Waals surface area contributed by atoms with Crippen molar-refractivity contribution in [3.05, 3.63) is 36.2 Å². The third-order valence-electron chi connectivity index (χ3n) is 1.90. The molecule has 0 spiro atoms. The van der Waals surface area contributed by atoms with Crippen molar-refractivity contribution in [3.8, 4) is 0 Å². The third kappa shape index (κ3) is 1.99. The molecule has 0 N–H and O–H groups in total. The predicted octanol–water partition coefficient (Wildman–Crippen LogP) is 3.53. The molecule has 0 bridgehead atoms. The van der Waals surface area contributed by atoms with Gasteiger partial charge < -0.3 is 0 Å². The van der Waals surface area contributed by atoms with Crippen LogP contribution in [0.25, 0.3) is 0 Å². The highest BCUT2D eigenvalue weighted by atomic mass is 19.4. The lowest BCUT2D eigenvalue weighted by Gasteiger charge is -2.24. The highest BCUT2D eigenvalue weighted by molar-refractivity contribution is 5.28.